The highest BCUT2D eigenvalue weighted by atomic mass is 35.5. The monoisotopic (exact) mass is 396 g/mol. The Morgan fingerprint density at radius 3 is 2.70 bits per heavy atom. The fraction of sp³-hybridized carbons (Fsp3) is 0.0476. The number of rotatable bonds is 3. The number of Topliss-reactive ketones (excluding diaryl/α,β-unsaturated/α-hetero) is 1. The minimum Gasteiger partial charge on any atom is -0.452 e. The SMILES string of the molecule is Cc1c(OC(=O)c2cccs2)ccc2c1O/C(=C\c1ccccc1Cl)C2=O. The molecule has 0 fully saturated rings. The van der Waals surface area contributed by atoms with E-state index in [0.717, 1.165) is 0 Å². The van der Waals surface area contributed by atoms with Crippen molar-refractivity contribution in [2.75, 3.05) is 0 Å². The Morgan fingerprint density at radius 2 is 1.96 bits per heavy atom. The van der Waals surface area contributed by atoms with Crippen LogP contribution >= 0.6 is 22.9 Å². The number of esters is 1. The van der Waals surface area contributed by atoms with Crippen LogP contribution in [-0.2, 0) is 0 Å². The van der Waals surface area contributed by atoms with E-state index in [4.69, 9.17) is 21.1 Å². The van der Waals surface area contributed by atoms with Gasteiger partial charge in [0.2, 0.25) is 5.78 Å². The van der Waals surface area contributed by atoms with E-state index in [2.05, 4.69) is 0 Å². The van der Waals surface area contributed by atoms with Crippen LogP contribution in [0.1, 0.15) is 31.2 Å². The highest BCUT2D eigenvalue weighted by Crippen LogP contribution is 2.39. The summed E-state index contributed by atoms with van der Waals surface area (Å²) in [6.45, 7) is 1.75. The molecule has 0 bridgehead atoms. The molecular formula is C21H13ClO4S. The molecule has 3 aromatic rings. The molecule has 0 unspecified atom stereocenters. The number of fused-ring (bicyclic) bond motifs is 1. The molecule has 0 saturated carbocycles. The molecule has 6 heteroatoms. The van der Waals surface area contributed by atoms with Crippen LogP contribution in [0.3, 0.4) is 0 Å². The summed E-state index contributed by atoms with van der Waals surface area (Å²) in [6.07, 6.45) is 1.61. The van der Waals surface area contributed by atoms with Gasteiger partial charge in [-0.2, -0.15) is 0 Å². The van der Waals surface area contributed by atoms with Gasteiger partial charge in [0.1, 0.15) is 16.4 Å². The predicted octanol–water partition coefficient (Wildman–Crippen LogP) is 5.55. The number of thiophene rings is 1. The van der Waals surface area contributed by atoms with Crippen LogP contribution in [0, 0.1) is 6.92 Å². The topological polar surface area (TPSA) is 52.6 Å². The van der Waals surface area contributed by atoms with E-state index in [0.29, 0.717) is 38.1 Å². The van der Waals surface area contributed by atoms with Crippen molar-refractivity contribution in [3.8, 4) is 11.5 Å². The van der Waals surface area contributed by atoms with Crippen LogP contribution in [0.5, 0.6) is 11.5 Å². The first-order valence-electron chi connectivity index (χ1n) is 8.12. The van der Waals surface area contributed by atoms with Crippen LogP contribution in [0.2, 0.25) is 5.02 Å². The summed E-state index contributed by atoms with van der Waals surface area (Å²) in [5.74, 6) is 0.269. The summed E-state index contributed by atoms with van der Waals surface area (Å²) in [7, 11) is 0. The van der Waals surface area contributed by atoms with Crippen molar-refractivity contribution < 1.29 is 19.1 Å². The maximum atomic E-state index is 12.6. The molecule has 0 N–H and O–H groups in total. The van der Waals surface area contributed by atoms with E-state index in [1.807, 2.05) is 12.1 Å². The predicted molar refractivity (Wildman–Crippen MR) is 105 cm³/mol. The summed E-state index contributed by atoms with van der Waals surface area (Å²) < 4.78 is 11.2. The molecule has 1 aromatic heterocycles. The number of hydrogen-bond acceptors (Lipinski definition) is 5. The number of allylic oxidation sites excluding steroid dienone is 1. The van der Waals surface area contributed by atoms with Gasteiger partial charge in [0, 0.05) is 10.6 Å². The molecule has 27 heavy (non-hydrogen) atoms. The second kappa shape index (κ2) is 7.02. The lowest BCUT2D eigenvalue weighted by Crippen LogP contribution is -2.07. The number of ether oxygens (including phenoxy) is 2. The third-order valence-corrected chi connectivity index (χ3v) is 5.35. The zero-order chi connectivity index (χ0) is 19.0. The van der Waals surface area contributed by atoms with Gasteiger partial charge in [0.15, 0.2) is 5.76 Å². The third kappa shape index (κ3) is 3.27. The van der Waals surface area contributed by atoms with E-state index in [1.54, 1.807) is 54.8 Å². The molecule has 0 spiro atoms. The number of benzene rings is 2. The van der Waals surface area contributed by atoms with Crippen LogP contribution < -0.4 is 9.47 Å². The van der Waals surface area contributed by atoms with Gasteiger partial charge in [-0.15, -0.1) is 11.3 Å². The molecule has 2 heterocycles. The first kappa shape index (κ1) is 17.5. The standard InChI is InChI=1S/C21H13ClO4S/c1-12-16(26-21(24)18-7-4-10-27-18)9-8-14-19(23)17(25-20(12)14)11-13-5-2-3-6-15(13)22/h2-11H,1H3/b17-11-. The lowest BCUT2D eigenvalue weighted by molar-refractivity contribution is 0.0738. The molecule has 1 aliphatic heterocycles. The zero-order valence-corrected chi connectivity index (χ0v) is 15.8. The number of carbonyl (C=O) groups is 2. The van der Waals surface area contributed by atoms with Crippen molar-refractivity contribution >= 4 is 40.8 Å². The van der Waals surface area contributed by atoms with Gasteiger partial charge in [-0.25, -0.2) is 4.79 Å². The molecule has 1 aliphatic rings. The van der Waals surface area contributed by atoms with E-state index < -0.39 is 5.97 Å². The molecule has 0 saturated heterocycles. The number of halogens is 1. The third-order valence-electron chi connectivity index (χ3n) is 4.15. The normalized spacial score (nSPS) is 14.1. The van der Waals surface area contributed by atoms with E-state index in [-0.39, 0.29) is 11.5 Å². The Bertz CT molecular complexity index is 1080. The van der Waals surface area contributed by atoms with Crippen molar-refractivity contribution in [3.05, 3.63) is 86.3 Å². The summed E-state index contributed by atoms with van der Waals surface area (Å²) in [6, 6.07) is 13.9. The van der Waals surface area contributed by atoms with Crippen molar-refractivity contribution in [1.29, 1.82) is 0 Å². The fourth-order valence-electron chi connectivity index (χ4n) is 2.76. The van der Waals surface area contributed by atoms with E-state index in [1.165, 1.54) is 11.3 Å². The van der Waals surface area contributed by atoms with Crippen LogP contribution in [-0.4, -0.2) is 11.8 Å². The van der Waals surface area contributed by atoms with Gasteiger partial charge in [-0.05, 0) is 48.2 Å². The Hall–Kier alpha value is -2.89. The first-order chi connectivity index (χ1) is 13.0. The molecule has 0 aliphatic carbocycles. The lowest BCUT2D eigenvalue weighted by atomic mass is 10.1. The molecule has 4 nitrogen and oxygen atoms in total. The molecule has 4 rings (SSSR count). The summed E-state index contributed by atoms with van der Waals surface area (Å²) in [5.41, 5.74) is 1.72. The van der Waals surface area contributed by atoms with Gasteiger partial charge >= 0.3 is 5.97 Å². The maximum absolute atomic E-state index is 12.6. The average Bonchev–Trinajstić information content (AvgIpc) is 3.29. The van der Waals surface area contributed by atoms with Crippen LogP contribution in [0.15, 0.2) is 59.7 Å². The molecule has 0 atom stereocenters. The number of ketones is 1. The second-order valence-corrected chi connectivity index (χ2v) is 7.25. The highest BCUT2D eigenvalue weighted by Gasteiger charge is 2.30. The Kier molecular flexibility index (Phi) is 4.56. The lowest BCUT2D eigenvalue weighted by Gasteiger charge is -2.09. The zero-order valence-electron chi connectivity index (χ0n) is 14.2. The van der Waals surface area contributed by atoms with Gasteiger partial charge < -0.3 is 9.47 Å². The van der Waals surface area contributed by atoms with Crippen molar-refractivity contribution in [2.24, 2.45) is 0 Å². The summed E-state index contributed by atoms with van der Waals surface area (Å²) in [5, 5.41) is 2.33. The highest BCUT2D eigenvalue weighted by molar-refractivity contribution is 7.12. The van der Waals surface area contributed by atoms with Crippen LogP contribution in [0.25, 0.3) is 6.08 Å². The quantitative estimate of drug-likeness (QED) is 0.331. The Morgan fingerprint density at radius 1 is 1.15 bits per heavy atom. The fourth-order valence-corrected chi connectivity index (χ4v) is 3.55. The molecular weight excluding hydrogens is 384 g/mol. The smallest absolute Gasteiger partial charge is 0.353 e. The van der Waals surface area contributed by atoms with Crippen LogP contribution in [0.4, 0.5) is 0 Å². The van der Waals surface area contributed by atoms with Gasteiger partial charge in [0.05, 0.1) is 5.56 Å². The molecule has 0 radical (unpaired) electrons. The van der Waals surface area contributed by atoms with Gasteiger partial charge in [-0.1, -0.05) is 35.9 Å². The van der Waals surface area contributed by atoms with Crippen molar-refractivity contribution in [3.63, 3.8) is 0 Å². The Labute approximate surface area is 164 Å². The minimum atomic E-state index is -0.441. The largest absolute Gasteiger partial charge is 0.452 e. The molecule has 134 valence electrons. The van der Waals surface area contributed by atoms with Crippen molar-refractivity contribution in [1.82, 2.24) is 0 Å². The summed E-state index contributed by atoms with van der Waals surface area (Å²) in [4.78, 5) is 25.3. The Balaban J connectivity index is 1.65. The number of carbonyl (C=O) groups excluding carboxylic acids is 2. The molecule has 0 amide bonds. The second-order valence-electron chi connectivity index (χ2n) is 5.89. The van der Waals surface area contributed by atoms with Gasteiger partial charge in [0.25, 0.3) is 0 Å². The van der Waals surface area contributed by atoms with Gasteiger partial charge in [-0.3, -0.25) is 4.79 Å². The first-order valence-corrected chi connectivity index (χ1v) is 9.38. The molecule has 2 aromatic carbocycles. The van der Waals surface area contributed by atoms with E-state index in [9.17, 15) is 9.59 Å². The number of hydrogen-bond donors (Lipinski definition) is 0. The van der Waals surface area contributed by atoms with E-state index >= 15 is 0 Å². The van der Waals surface area contributed by atoms with Crippen molar-refractivity contribution in [2.45, 2.75) is 6.92 Å². The summed E-state index contributed by atoms with van der Waals surface area (Å²) >= 11 is 7.46. The minimum absolute atomic E-state index is 0.183. The average molecular weight is 397 g/mol. The maximum Gasteiger partial charge on any atom is 0.353 e.